The summed E-state index contributed by atoms with van der Waals surface area (Å²) in [6, 6.07) is 8.67. The first kappa shape index (κ1) is 7.32. The first-order valence-corrected chi connectivity index (χ1v) is 4.68. The fourth-order valence-corrected chi connectivity index (χ4v) is 2.21. The molecule has 1 aromatic carbocycles. The molecule has 11 heavy (non-hydrogen) atoms. The first-order valence-electron chi connectivity index (χ1n) is 3.76. The Morgan fingerprint density at radius 1 is 1.36 bits per heavy atom. The second kappa shape index (κ2) is 2.61. The van der Waals surface area contributed by atoms with Crippen LogP contribution in [0.4, 0.5) is 0 Å². The average Bonchev–Trinajstić information content (AvgIpc) is 2.30. The highest BCUT2D eigenvalue weighted by Crippen LogP contribution is 2.36. The van der Waals surface area contributed by atoms with Gasteiger partial charge in [-0.15, -0.1) is 0 Å². The molecule has 2 rings (SSSR count). The van der Waals surface area contributed by atoms with Crippen LogP contribution in [0.2, 0.25) is 0 Å². The molecule has 58 valence electrons. The molecule has 1 aliphatic rings. The molecule has 1 nitrogen and oxygen atoms in total. The van der Waals surface area contributed by atoms with E-state index in [0.717, 1.165) is 6.42 Å². The number of halogens is 1. The Kier molecular flexibility index (Phi) is 1.74. The quantitative estimate of drug-likeness (QED) is 0.654. The zero-order valence-electron chi connectivity index (χ0n) is 6.13. The highest BCUT2D eigenvalue weighted by atomic mass is 79.9. The second-order valence-corrected chi connectivity index (χ2v) is 3.96. The lowest BCUT2D eigenvalue weighted by Gasteiger charge is -2.06. The number of rotatable bonds is 0. The molecule has 2 N–H and O–H groups in total. The van der Waals surface area contributed by atoms with E-state index < -0.39 is 0 Å². The normalized spacial score (nSPS) is 28.5. The molecule has 0 spiro atoms. The molecular formula is C9H10BrN. The van der Waals surface area contributed by atoms with Crippen molar-refractivity contribution in [1.29, 1.82) is 0 Å². The van der Waals surface area contributed by atoms with Gasteiger partial charge in [-0.2, -0.15) is 0 Å². The lowest BCUT2D eigenvalue weighted by molar-refractivity contribution is 0.716. The molecular weight excluding hydrogens is 202 g/mol. The van der Waals surface area contributed by atoms with E-state index in [0.29, 0.717) is 4.83 Å². The molecule has 1 aromatic rings. The van der Waals surface area contributed by atoms with Crippen LogP contribution in [0.25, 0.3) is 0 Å². The van der Waals surface area contributed by atoms with E-state index in [9.17, 15) is 0 Å². The van der Waals surface area contributed by atoms with Crippen molar-refractivity contribution in [2.75, 3.05) is 0 Å². The minimum Gasteiger partial charge on any atom is -0.326 e. The van der Waals surface area contributed by atoms with Crippen molar-refractivity contribution in [3.8, 4) is 0 Å². The summed E-state index contributed by atoms with van der Waals surface area (Å²) in [4.78, 5) is 0.360. The van der Waals surface area contributed by atoms with Crippen LogP contribution in [0.15, 0.2) is 24.3 Å². The van der Waals surface area contributed by atoms with Gasteiger partial charge in [0.25, 0.3) is 0 Å². The summed E-state index contributed by atoms with van der Waals surface area (Å²) in [5, 5.41) is 0. The number of alkyl halides is 1. The molecule has 1 unspecified atom stereocenters. The molecule has 2 atom stereocenters. The van der Waals surface area contributed by atoms with Crippen LogP contribution in [0.5, 0.6) is 0 Å². The minimum absolute atomic E-state index is 0.257. The highest BCUT2D eigenvalue weighted by Gasteiger charge is 2.26. The van der Waals surface area contributed by atoms with E-state index >= 15 is 0 Å². The van der Waals surface area contributed by atoms with Crippen LogP contribution < -0.4 is 5.73 Å². The Labute approximate surface area is 74.7 Å². The van der Waals surface area contributed by atoms with Gasteiger partial charge in [-0.3, -0.25) is 0 Å². The third kappa shape index (κ3) is 1.10. The molecule has 0 heterocycles. The van der Waals surface area contributed by atoms with Gasteiger partial charge in [-0.25, -0.2) is 0 Å². The summed E-state index contributed by atoms with van der Waals surface area (Å²) >= 11 is 3.58. The van der Waals surface area contributed by atoms with E-state index in [1.165, 1.54) is 11.1 Å². The van der Waals surface area contributed by atoms with Crippen molar-refractivity contribution in [1.82, 2.24) is 0 Å². The van der Waals surface area contributed by atoms with E-state index in [1.54, 1.807) is 0 Å². The summed E-state index contributed by atoms with van der Waals surface area (Å²) < 4.78 is 0. The Bertz CT molecular complexity index is 272. The van der Waals surface area contributed by atoms with E-state index in [2.05, 4.69) is 40.2 Å². The summed E-state index contributed by atoms with van der Waals surface area (Å²) in [5.74, 6) is 0. The molecule has 0 amide bonds. The van der Waals surface area contributed by atoms with Gasteiger partial charge in [-0.05, 0) is 17.5 Å². The van der Waals surface area contributed by atoms with Crippen LogP contribution in [-0.4, -0.2) is 6.04 Å². The van der Waals surface area contributed by atoms with Crippen molar-refractivity contribution in [3.63, 3.8) is 0 Å². The van der Waals surface area contributed by atoms with Crippen LogP contribution in [0.3, 0.4) is 0 Å². The summed E-state index contributed by atoms with van der Waals surface area (Å²) in [7, 11) is 0. The predicted octanol–water partition coefficient (Wildman–Crippen LogP) is 2.01. The third-order valence-electron chi connectivity index (χ3n) is 2.18. The van der Waals surface area contributed by atoms with E-state index in [-0.39, 0.29) is 6.04 Å². The molecule has 0 saturated carbocycles. The Balaban J connectivity index is 2.47. The van der Waals surface area contributed by atoms with Gasteiger partial charge in [0.2, 0.25) is 0 Å². The summed E-state index contributed by atoms with van der Waals surface area (Å²) in [6.07, 6.45) is 1.01. The van der Waals surface area contributed by atoms with Gasteiger partial charge in [0.1, 0.15) is 0 Å². The van der Waals surface area contributed by atoms with Crippen molar-refractivity contribution in [3.05, 3.63) is 35.4 Å². The number of hydrogen-bond acceptors (Lipinski definition) is 1. The van der Waals surface area contributed by atoms with Crippen LogP contribution in [-0.2, 0) is 6.42 Å². The predicted molar refractivity (Wildman–Crippen MR) is 49.8 cm³/mol. The average molecular weight is 212 g/mol. The van der Waals surface area contributed by atoms with Gasteiger partial charge in [0.05, 0.1) is 4.83 Å². The first-order chi connectivity index (χ1) is 5.29. The maximum Gasteiger partial charge on any atom is 0.0552 e. The fourth-order valence-electron chi connectivity index (χ4n) is 1.58. The Morgan fingerprint density at radius 3 is 2.82 bits per heavy atom. The molecule has 0 saturated heterocycles. The maximum atomic E-state index is 5.88. The number of nitrogens with two attached hydrogens (primary N) is 1. The zero-order valence-corrected chi connectivity index (χ0v) is 7.71. The van der Waals surface area contributed by atoms with Crippen molar-refractivity contribution in [2.24, 2.45) is 5.73 Å². The topological polar surface area (TPSA) is 26.0 Å². The van der Waals surface area contributed by atoms with Gasteiger partial charge < -0.3 is 5.73 Å². The largest absolute Gasteiger partial charge is 0.326 e. The summed E-state index contributed by atoms with van der Waals surface area (Å²) in [5.41, 5.74) is 8.63. The van der Waals surface area contributed by atoms with Crippen molar-refractivity contribution >= 4 is 15.9 Å². The van der Waals surface area contributed by atoms with Crippen molar-refractivity contribution < 1.29 is 0 Å². The molecule has 2 heteroatoms. The van der Waals surface area contributed by atoms with Crippen LogP contribution in [0.1, 0.15) is 16.0 Å². The SMILES string of the molecule is NC1Cc2ccccc2[C@@H]1Br. The lowest BCUT2D eigenvalue weighted by Crippen LogP contribution is -2.21. The number of hydrogen-bond donors (Lipinski definition) is 1. The molecule has 0 aliphatic heterocycles. The Morgan fingerprint density at radius 2 is 2.09 bits per heavy atom. The standard InChI is InChI=1S/C9H10BrN/c10-9-7-4-2-1-3-6(7)5-8(9)11/h1-4,8-9H,5,11H2/t8?,9-/m0/s1. The number of fused-ring (bicyclic) bond motifs is 1. The summed E-state index contributed by atoms with van der Waals surface area (Å²) in [6.45, 7) is 0. The van der Waals surface area contributed by atoms with Crippen molar-refractivity contribution in [2.45, 2.75) is 17.3 Å². The second-order valence-electron chi connectivity index (χ2n) is 2.97. The maximum absolute atomic E-state index is 5.88. The molecule has 1 aliphatic carbocycles. The highest BCUT2D eigenvalue weighted by molar-refractivity contribution is 9.09. The van der Waals surface area contributed by atoms with Gasteiger partial charge in [0, 0.05) is 6.04 Å². The van der Waals surface area contributed by atoms with Crippen LogP contribution in [0, 0.1) is 0 Å². The smallest absolute Gasteiger partial charge is 0.0552 e. The van der Waals surface area contributed by atoms with Crippen LogP contribution >= 0.6 is 15.9 Å². The van der Waals surface area contributed by atoms with Gasteiger partial charge in [-0.1, -0.05) is 40.2 Å². The van der Waals surface area contributed by atoms with Gasteiger partial charge in [0.15, 0.2) is 0 Å². The third-order valence-corrected chi connectivity index (χ3v) is 3.36. The fraction of sp³-hybridized carbons (Fsp3) is 0.333. The molecule has 0 radical (unpaired) electrons. The van der Waals surface area contributed by atoms with Gasteiger partial charge >= 0.3 is 0 Å². The van der Waals surface area contributed by atoms with E-state index in [1.807, 2.05) is 0 Å². The molecule has 0 aromatic heterocycles. The lowest BCUT2D eigenvalue weighted by atomic mass is 10.1. The monoisotopic (exact) mass is 211 g/mol. The minimum atomic E-state index is 0.257. The number of benzene rings is 1. The Hall–Kier alpha value is -0.340. The van der Waals surface area contributed by atoms with E-state index in [4.69, 9.17) is 5.73 Å². The zero-order chi connectivity index (χ0) is 7.84. The molecule has 0 bridgehead atoms. The molecule has 0 fully saturated rings.